The van der Waals surface area contributed by atoms with Gasteiger partial charge in [-0.25, -0.2) is 9.37 Å². The maximum Gasteiger partial charge on any atom is 0.222 e. The summed E-state index contributed by atoms with van der Waals surface area (Å²) in [5.74, 6) is -0.107. The lowest BCUT2D eigenvalue weighted by Crippen LogP contribution is -2.35. The van der Waals surface area contributed by atoms with E-state index in [1.54, 1.807) is 23.5 Å². The third kappa shape index (κ3) is 4.61. The van der Waals surface area contributed by atoms with Crippen molar-refractivity contribution in [2.75, 3.05) is 26.2 Å². The molecule has 0 N–H and O–H groups in total. The van der Waals surface area contributed by atoms with Crippen molar-refractivity contribution in [3.8, 4) is 0 Å². The molecule has 1 aromatic heterocycles. The van der Waals surface area contributed by atoms with E-state index in [9.17, 15) is 9.18 Å². The van der Waals surface area contributed by atoms with Crippen molar-refractivity contribution >= 4 is 17.2 Å². The van der Waals surface area contributed by atoms with Crippen molar-refractivity contribution in [1.82, 2.24) is 14.8 Å². The summed E-state index contributed by atoms with van der Waals surface area (Å²) >= 11 is 1.61. The minimum atomic E-state index is -0.226. The lowest BCUT2D eigenvalue weighted by atomic mass is 10.1. The first-order chi connectivity index (χ1) is 11.7. The molecule has 4 nitrogen and oxygen atoms in total. The molecule has 2 heterocycles. The molecule has 0 saturated carbocycles. The second-order valence-corrected chi connectivity index (χ2v) is 6.80. The van der Waals surface area contributed by atoms with Crippen LogP contribution in [-0.2, 0) is 17.8 Å². The van der Waals surface area contributed by atoms with Gasteiger partial charge in [-0.05, 0) is 24.5 Å². The van der Waals surface area contributed by atoms with Crippen LogP contribution in [0, 0.1) is 5.82 Å². The molecule has 1 fully saturated rings. The maximum absolute atomic E-state index is 13.6. The molecule has 128 valence electrons. The quantitative estimate of drug-likeness (QED) is 0.834. The van der Waals surface area contributed by atoms with E-state index in [-0.39, 0.29) is 11.7 Å². The van der Waals surface area contributed by atoms with Crippen LogP contribution < -0.4 is 0 Å². The van der Waals surface area contributed by atoms with Crippen molar-refractivity contribution in [2.24, 2.45) is 0 Å². The van der Waals surface area contributed by atoms with Gasteiger partial charge in [0.15, 0.2) is 0 Å². The summed E-state index contributed by atoms with van der Waals surface area (Å²) in [6.07, 6.45) is 1.80. The molecule has 1 aliphatic heterocycles. The number of hydrogen-bond donors (Lipinski definition) is 0. The molecule has 1 amide bonds. The predicted molar refractivity (Wildman–Crippen MR) is 93.3 cm³/mol. The lowest BCUT2D eigenvalue weighted by molar-refractivity contribution is -0.131. The van der Waals surface area contributed by atoms with Crippen LogP contribution in [0.15, 0.2) is 35.2 Å². The summed E-state index contributed by atoms with van der Waals surface area (Å²) in [6, 6.07) is 6.68. The highest BCUT2D eigenvalue weighted by Crippen LogP contribution is 2.13. The number of nitrogens with zero attached hydrogens (tertiary/aromatic N) is 3. The molecule has 1 aliphatic rings. The van der Waals surface area contributed by atoms with Gasteiger partial charge in [0.25, 0.3) is 0 Å². The third-order valence-electron chi connectivity index (χ3n) is 4.38. The van der Waals surface area contributed by atoms with E-state index < -0.39 is 0 Å². The molecule has 3 rings (SSSR count). The molecular weight excluding hydrogens is 325 g/mol. The molecule has 0 bridgehead atoms. The topological polar surface area (TPSA) is 36.4 Å². The summed E-state index contributed by atoms with van der Waals surface area (Å²) < 4.78 is 13.6. The van der Waals surface area contributed by atoms with E-state index in [2.05, 4.69) is 15.3 Å². The number of aromatic nitrogens is 1. The van der Waals surface area contributed by atoms with Crippen LogP contribution >= 0.6 is 11.3 Å². The minimum Gasteiger partial charge on any atom is -0.341 e. The fourth-order valence-electron chi connectivity index (χ4n) is 3.02. The highest BCUT2D eigenvalue weighted by Gasteiger charge is 2.19. The van der Waals surface area contributed by atoms with Crippen molar-refractivity contribution in [2.45, 2.75) is 25.8 Å². The predicted octanol–water partition coefficient (Wildman–Crippen LogP) is 2.95. The zero-order valence-electron chi connectivity index (χ0n) is 13.7. The Balaban J connectivity index is 1.48. The van der Waals surface area contributed by atoms with Gasteiger partial charge in [0.05, 0.1) is 11.2 Å². The van der Waals surface area contributed by atoms with Crippen LogP contribution in [0.4, 0.5) is 4.39 Å². The number of benzene rings is 1. The average Bonchev–Trinajstić information content (AvgIpc) is 2.98. The van der Waals surface area contributed by atoms with E-state index >= 15 is 0 Å². The van der Waals surface area contributed by atoms with Crippen molar-refractivity contribution in [3.63, 3.8) is 0 Å². The van der Waals surface area contributed by atoms with Crippen LogP contribution in [0.5, 0.6) is 0 Å². The molecule has 24 heavy (non-hydrogen) atoms. The third-order valence-corrected chi connectivity index (χ3v) is 5.01. The van der Waals surface area contributed by atoms with E-state index in [1.807, 2.05) is 16.5 Å². The number of hydrogen-bond acceptors (Lipinski definition) is 4. The highest BCUT2D eigenvalue weighted by atomic mass is 32.1. The number of rotatable bonds is 5. The van der Waals surface area contributed by atoms with Crippen molar-refractivity contribution in [3.05, 3.63) is 52.2 Å². The van der Waals surface area contributed by atoms with Crippen LogP contribution in [0.25, 0.3) is 0 Å². The first-order valence-corrected chi connectivity index (χ1v) is 9.27. The Bertz CT molecular complexity index is 662. The van der Waals surface area contributed by atoms with Crippen LogP contribution in [-0.4, -0.2) is 46.9 Å². The molecule has 1 saturated heterocycles. The van der Waals surface area contributed by atoms with Crippen molar-refractivity contribution < 1.29 is 9.18 Å². The number of amides is 1. The fourth-order valence-corrected chi connectivity index (χ4v) is 3.57. The first kappa shape index (κ1) is 17.0. The van der Waals surface area contributed by atoms with Gasteiger partial charge in [-0.3, -0.25) is 9.69 Å². The van der Waals surface area contributed by atoms with Gasteiger partial charge in [-0.1, -0.05) is 18.2 Å². The Labute approximate surface area is 145 Å². The number of carbonyl (C=O) groups is 1. The molecular formula is C18H22FN3OS. The smallest absolute Gasteiger partial charge is 0.222 e. The summed E-state index contributed by atoms with van der Waals surface area (Å²) in [7, 11) is 0. The SMILES string of the molecule is O=C(CCc1ccccc1F)N1CCCN(Cc2cscn2)CC1. The Morgan fingerprint density at radius 2 is 2.08 bits per heavy atom. The minimum absolute atomic E-state index is 0.119. The second-order valence-electron chi connectivity index (χ2n) is 6.08. The Morgan fingerprint density at radius 1 is 1.21 bits per heavy atom. The molecule has 0 atom stereocenters. The molecule has 0 aliphatic carbocycles. The van der Waals surface area contributed by atoms with Crippen LogP contribution in [0.3, 0.4) is 0 Å². The summed E-state index contributed by atoms with van der Waals surface area (Å²) in [6.45, 7) is 4.21. The molecule has 1 aromatic carbocycles. The van der Waals surface area contributed by atoms with Crippen molar-refractivity contribution in [1.29, 1.82) is 0 Å². The van der Waals surface area contributed by atoms with E-state index in [4.69, 9.17) is 0 Å². The van der Waals surface area contributed by atoms with Gasteiger partial charge >= 0.3 is 0 Å². The number of carbonyl (C=O) groups excluding carboxylic acids is 1. The normalized spacial score (nSPS) is 16.1. The van der Waals surface area contributed by atoms with Gasteiger partial charge in [0.2, 0.25) is 5.91 Å². The maximum atomic E-state index is 13.6. The second kappa shape index (κ2) is 8.35. The van der Waals surface area contributed by atoms with Gasteiger partial charge in [-0.15, -0.1) is 11.3 Å². The van der Waals surface area contributed by atoms with Crippen LogP contribution in [0.1, 0.15) is 24.1 Å². The summed E-state index contributed by atoms with van der Waals surface area (Å²) in [4.78, 5) is 21.0. The molecule has 0 unspecified atom stereocenters. The number of thiazole rings is 1. The fraction of sp³-hybridized carbons (Fsp3) is 0.444. The van der Waals surface area contributed by atoms with Gasteiger partial charge in [0, 0.05) is 44.5 Å². The van der Waals surface area contributed by atoms with Gasteiger partial charge in [0.1, 0.15) is 5.82 Å². The number of halogens is 1. The monoisotopic (exact) mass is 347 g/mol. The zero-order valence-corrected chi connectivity index (χ0v) is 14.5. The largest absolute Gasteiger partial charge is 0.341 e. The van der Waals surface area contributed by atoms with E-state index in [0.29, 0.717) is 18.4 Å². The molecule has 2 aromatic rings. The summed E-state index contributed by atoms with van der Waals surface area (Å²) in [5.41, 5.74) is 3.57. The Kier molecular flexibility index (Phi) is 5.93. The molecule has 0 radical (unpaired) electrons. The van der Waals surface area contributed by atoms with Gasteiger partial charge in [-0.2, -0.15) is 0 Å². The highest BCUT2D eigenvalue weighted by molar-refractivity contribution is 7.07. The van der Waals surface area contributed by atoms with Crippen LogP contribution in [0.2, 0.25) is 0 Å². The van der Waals surface area contributed by atoms with E-state index in [0.717, 1.165) is 44.8 Å². The van der Waals surface area contributed by atoms with E-state index in [1.165, 1.54) is 6.07 Å². The lowest BCUT2D eigenvalue weighted by Gasteiger charge is -2.21. The van der Waals surface area contributed by atoms with Gasteiger partial charge < -0.3 is 4.90 Å². The average molecular weight is 347 g/mol. The Hall–Kier alpha value is -1.79. The zero-order chi connectivity index (χ0) is 16.8. The Morgan fingerprint density at radius 3 is 2.88 bits per heavy atom. The summed E-state index contributed by atoms with van der Waals surface area (Å²) in [5, 5.41) is 2.07. The standard InChI is InChI=1S/C18H22FN3OS/c19-17-5-2-1-4-15(17)6-7-18(23)22-9-3-8-21(10-11-22)12-16-13-24-14-20-16/h1-2,4-5,13-14H,3,6-12H2. The first-order valence-electron chi connectivity index (χ1n) is 8.33. The molecule has 0 spiro atoms. The number of aryl methyl sites for hydroxylation is 1. The molecule has 6 heteroatoms.